The molecule has 13 heteroatoms. The van der Waals surface area contributed by atoms with Crippen LogP contribution >= 0.6 is 34.5 Å². The number of likely N-dealkylation sites (N-methyl/N-ethyl adjacent to an activating group) is 1. The number of hydrogen-bond donors (Lipinski definition) is 1. The molecule has 1 aliphatic heterocycles. The predicted octanol–water partition coefficient (Wildman–Crippen LogP) is 6.22. The highest BCUT2D eigenvalue weighted by Gasteiger charge is 2.21. The molecule has 5 rings (SSSR count). The van der Waals surface area contributed by atoms with Gasteiger partial charge in [-0.15, -0.1) is 11.3 Å². The van der Waals surface area contributed by atoms with E-state index in [0.29, 0.717) is 40.8 Å². The SMILES string of the molecule is COc1cc2c(Oc3cccc(NS(=O)(=O)c4cc(Cl)sc4Cl)c3)ccnc2cc1OCCCN1CCN(C)CC1. The van der Waals surface area contributed by atoms with Crippen LogP contribution in [0.5, 0.6) is 23.0 Å². The van der Waals surface area contributed by atoms with Gasteiger partial charge in [-0.2, -0.15) is 0 Å². The molecule has 0 amide bonds. The smallest absolute Gasteiger partial charge is 0.264 e. The van der Waals surface area contributed by atoms with E-state index in [1.165, 1.54) is 6.07 Å². The number of pyridine rings is 1. The fourth-order valence-corrected chi connectivity index (χ4v) is 7.70. The zero-order chi connectivity index (χ0) is 29.0. The Morgan fingerprint density at radius 3 is 2.56 bits per heavy atom. The monoisotopic (exact) mass is 636 g/mol. The van der Waals surface area contributed by atoms with Crippen molar-refractivity contribution in [1.82, 2.24) is 14.8 Å². The molecule has 218 valence electrons. The lowest BCUT2D eigenvalue weighted by atomic mass is 10.1. The summed E-state index contributed by atoms with van der Waals surface area (Å²) in [6.07, 6.45) is 2.56. The van der Waals surface area contributed by atoms with Gasteiger partial charge in [-0.25, -0.2) is 8.42 Å². The van der Waals surface area contributed by atoms with Crippen LogP contribution in [-0.2, 0) is 10.0 Å². The van der Waals surface area contributed by atoms with Crippen molar-refractivity contribution in [1.29, 1.82) is 0 Å². The molecule has 2 aromatic carbocycles. The van der Waals surface area contributed by atoms with Crippen molar-refractivity contribution in [2.24, 2.45) is 0 Å². The summed E-state index contributed by atoms with van der Waals surface area (Å²) in [4.78, 5) is 9.22. The summed E-state index contributed by atoms with van der Waals surface area (Å²) >= 11 is 13.0. The second-order valence-electron chi connectivity index (χ2n) is 9.60. The fraction of sp³-hybridized carbons (Fsp3) is 0.321. The minimum Gasteiger partial charge on any atom is -0.493 e. The summed E-state index contributed by atoms with van der Waals surface area (Å²) in [5, 5.41) is 0.722. The third-order valence-corrected chi connectivity index (χ3v) is 9.82. The van der Waals surface area contributed by atoms with Crippen molar-refractivity contribution >= 4 is 61.2 Å². The number of benzene rings is 2. The number of fused-ring (bicyclic) bond motifs is 1. The van der Waals surface area contributed by atoms with E-state index in [0.717, 1.165) is 55.9 Å². The number of sulfonamides is 1. The Labute approximate surface area is 253 Å². The number of anilines is 1. The first-order valence-corrected chi connectivity index (χ1v) is 16.0. The molecule has 3 heterocycles. The largest absolute Gasteiger partial charge is 0.493 e. The van der Waals surface area contributed by atoms with E-state index < -0.39 is 10.0 Å². The topological polar surface area (TPSA) is 93.2 Å². The lowest BCUT2D eigenvalue weighted by molar-refractivity contribution is 0.145. The molecule has 9 nitrogen and oxygen atoms in total. The van der Waals surface area contributed by atoms with E-state index in [9.17, 15) is 8.42 Å². The average molecular weight is 638 g/mol. The van der Waals surface area contributed by atoms with Crippen LogP contribution in [0.4, 0.5) is 5.69 Å². The highest BCUT2D eigenvalue weighted by molar-refractivity contribution is 7.93. The van der Waals surface area contributed by atoms with Gasteiger partial charge in [0.25, 0.3) is 10.0 Å². The van der Waals surface area contributed by atoms with Crippen LogP contribution in [0.1, 0.15) is 6.42 Å². The molecule has 4 aromatic rings. The fourth-order valence-electron chi connectivity index (χ4n) is 4.50. The summed E-state index contributed by atoms with van der Waals surface area (Å²) in [5.74, 6) is 2.15. The summed E-state index contributed by atoms with van der Waals surface area (Å²) in [5.41, 5.74) is 0.988. The van der Waals surface area contributed by atoms with E-state index in [4.69, 9.17) is 37.4 Å². The number of halogens is 2. The van der Waals surface area contributed by atoms with Crippen LogP contribution in [0, 0.1) is 0 Å². The second-order valence-corrected chi connectivity index (χ2v) is 13.5. The number of rotatable bonds is 11. The van der Waals surface area contributed by atoms with Gasteiger partial charge < -0.3 is 24.0 Å². The third-order valence-electron chi connectivity index (χ3n) is 6.69. The van der Waals surface area contributed by atoms with E-state index in [-0.39, 0.29) is 13.6 Å². The Bertz CT molecular complexity index is 1630. The Balaban J connectivity index is 1.29. The van der Waals surface area contributed by atoms with Crippen LogP contribution in [0.15, 0.2) is 59.6 Å². The quantitative estimate of drug-likeness (QED) is 0.194. The van der Waals surface area contributed by atoms with Gasteiger partial charge in [-0.05, 0) is 43.8 Å². The third kappa shape index (κ3) is 7.35. The van der Waals surface area contributed by atoms with Gasteiger partial charge in [0.15, 0.2) is 11.5 Å². The molecule has 0 aliphatic carbocycles. The zero-order valence-corrected chi connectivity index (χ0v) is 25.7. The van der Waals surface area contributed by atoms with E-state index in [1.54, 1.807) is 43.6 Å². The zero-order valence-electron chi connectivity index (χ0n) is 22.6. The Morgan fingerprint density at radius 1 is 1.02 bits per heavy atom. The summed E-state index contributed by atoms with van der Waals surface area (Å²) in [7, 11) is -0.190. The summed E-state index contributed by atoms with van der Waals surface area (Å²) < 4.78 is 46.5. The first-order valence-electron chi connectivity index (χ1n) is 13.0. The van der Waals surface area contributed by atoms with Crippen LogP contribution in [0.25, 0.3) is 10.9 Å². The maximum absolute atomic E-state index is 12.8. The maximum atomic E-state index is 12.8. The first kappa shape index (κ1) is 29.7. The Morgan fingerprint density at radius 2 is 1.83 bits per heavy atom. The van der Waals surface area contributed by atoms with E-state index in [2.05, 4.69) is 26.6 Å². The molecule has 0 unspecified atom stereocenters. The normalized spacial score (nSPS) is 14.7. The molecule has 1 N–H and O–H groups in total. The van der Waals surface area contributed by atoms with E-state index >= 15 is 0 Å². The van der Waals surface area contributed by atoms with Gasteiger partial charge in [0.05, 0.1) is 29.3 Å². The molecule has 1 fully saturated rings. The van der Waals surface area contributed by atoms with Crippen LogP contribution in [0.2, 0.25) is 8.67 Å². The van der Waals surface area contributed by atoms with Crippen molar-refractivity contribution in [2.75, 3.05) is 58.2 Å². The molecular formula is C28H30Cl2N4O5S2. The number of hydrogen-bond acceptors (Lipinski definition) is 9. The van der Waals surface area contributed by atoms with Crippen molar-refractivity contribution in [3.8, 4) is 23.0 Å². The number of nitrogens with zero attached hydrogens (tertiary/aromatic N) is 3. The molecule has 41 heavy (non-hydrogen) atoms. The Hall–Kier alpha value is -2.80. The molecule has 1 aliphatic rings. The first-order chi connectivity index (χ1) is 19.7. The molecule has 0 radical (unpaired) electrons. The van der Waals surface area contributed by atoms with Crippen LogP contribution < -0.4 is 18.9 Å². The number of aromatic nitrogens is 1. The molecule has 0 spiro atoms. The number of ether oxygens (including phenoxy) is 3. The highest BCUT2D eigenvalue weighted by Crippen LogP contribution is 2.38. The lowest BCUT2D eigenvalue weighted by Gasteiger charge is -2.32. The molecule has 2 aromatic heterocycles. The summed E-state index contributed by atoms with van der Waals surface area (Å²) in [6.45, 7) is 5.90. The van der Waals surface area contributed by atoms with Gasteiger partial charge in [0.2, 0.25) is 0 Å². The van der Waals surface area contributed by atoms with Crippen molar-refractivity contribution in [3.63, 3.8) is 0 Å². The minimum atomic E-state index is -3.94. The number of thiophene rings is 1. The average Bonchev–Trinajstić information content (AvgIpc) is 3.30. The Kier molecular flexibility index (Phi) is 9.42. The standard InChI is InChI=1S/C28H30Cl2N4O5S2/c1-33-10-12-34(13-11-33)9-4-14-38-25-17-22-21(16-24(25)37-2)23(7-8-31-22)39-20-6-3-5-19(15-20)32-41(35,36)26-18-27(29)40-28(26)30/h3,5-8,15-18,32H,4,9-14H2,1-2H3. The number of nitrogens with one attached hydrogen (secondary N) is 1. The lowest BCUT2D eigenvalue weighted by Crippen LogP contribution is -2.44. The predicted molar refractivity (Wildman–Crippen MR) is 164 cm³/mol. The molecule has 0 atom stereocenters. The molecule has 0 saturated carbocycles. The molecular weight excluding hydrogens is 607 g/mol. The maximum Gasteiger partial charge on any atom is 0.264 e. The minimum absolute atomic E-state index is 0.0786. The van der Waals surface area contributed by atoms with Gasteiger partial charge in [0.1, 0.15) is 20.7 Å². The van der Waals surface area contributed by atoms with E-state index in [1.807, 2.05) is 12.1 Å². The van der Waals surface area contributed by atoms with Gasteiger partial charge in [-0.1, -0.05) is 29.3 Å². The molecule has 1 saturated heterocycles. The van der Waals surface area contributed by atoms with Crippen LogP contribution in [-0.4, -0.2) is 76.7 Å². The number of methoxy groups -OCH3 is 1. The van der Waals surface area contributed by atoms with Crippen molar-refractivity contribution in [2.45, 2.75) is 11.3 Å². The second kappa shape index (κ2) is 13.0. The van der Waals surface area contributed by atoms with Gasteiger partial charge in [0, 0.05) is 56.4 Å². The van der Waals surface area contributed by atoms with Crippen molar-refractivity contribution < 1.29 is 22.6 Å². The van der Waals surface area contributed by atoms with Crippen molar-refractivity contribution in [3.05, 3.63) is 63.4 Å². The summed E-state index contributed by atoms with van der Waals surface area (Å²) in [6, 6.07) is 13.4. The molecule has 0 bridgehead atoms. The van der Waals surface area contributed by atoms with Crippen LogP contribution in [0.3, 0.4) is 0 Å². The van der Waals surface area contributed by atoms with Gasteiger partial charge in [-0.3, -0.25) is 9.71 Å². The highest BCUT2D eigenvalue weighted by atomic mass is 35.5. The van der Waals surface area contributed by atoms with Gasteiger partial charge >= 0.3 is 0 Å². The number of piperazine rings is 1.